The highest BCUT2D eigenvalue weighted by Crippen LogP contribution is 2.12. The Labute approximate surface area is 120 Å². The molecule has 0 fully saturated rings. The van der Waals surface area contributed by atoms with E-state index in [9.17, 15) is 8.42 Å². The van der Waals surface area contributed by atoms with Gasteiger partial charge in [-0.05, 0) is 24.6 Å². The fourth-order valence-electron chi connectivity index (χ4n) is 1.51. The maximum Gasteiger partial charge on any atom is 0.233 e. The second kappa shape index (κ2) is 5.75. The molecule has 0 spiro atoms. The summed E-state index contributed by atoms with van der Waals surface area (Å²) in [6, 6.07) is 9.54. The molecule has 1 heterocycles. The minimum Gasteiger partial charge on any atom is -0.266 e. The first-order valence-corrected chi connectivity index (χ1v) is 8.21. The lowest BCUT2D eigenvalue weighted by Crippen LogP contribution is -2.15. The summed E-state index contributed by atoms with van der Waals surface area (Å²) in [5, 5.41) is 4.18. The SMILES string of the molecule is CCS(=O)(=O)Nc1ccn(Cc2ccc(Br)cc2)n1. The first-order valence-electron chi connectivity index (χ1n) is 5.77. The Kier molecular flexibility index (Phi) is 4.26. The van der Waals surface area contributed by atoms with Gasteiger partial charge in [0.25, 0.3) is 0 Å². The van der Waals surface area contributed by atoms with Gasteiger partial charge in [0.2, 0.25) is 10.0 Å². The summed E-state index contributed by atoms with van der Waals surface area (Å²) in [5.41, 5.74) is 1.09. The summed E-state index contributed by atoms with van der Waals surface area (Å²) in [7, 11) is -3.27. The first kappa shape index (κ1) is 14.1. The van der Waals surface area contributed by atoms with Crippen molar-refractivity contribution in [3.05, 3.63) is 46.6 Å². The molecule has 1 N–H and O–H groups in total. The van der Waals surface area contributed by atoms with Crippen molar-refractivity contribution >= 4 is 31.8 Å². The lowest BCUT2D eigenvalue weighted by molar-refractivity contribution is 0.602. The molecule has 0 unspecified atom stereocenters. The smallest absolute Gasteiger partial charge is 0.233 e. The van der Waals surface area contributed by atoms with Crippen LogP contribution < -0.4 is 4.72 Å². The number of hydrogen-bond donors (Lipinski definition) is 1. The zero-order valence-corrected chi connectivity index (χ0v) is 12.8. The van der Waals surface area contributed by atoms with E-state index in [1.165, 1.54) is 0 Å². The molecule has 1 aromatic carbocycles. The van der Waals surface area contributed by atoms with Crippen LogP contribution >= 0.6 is 15.9 Å². The van der Waals surface area contributed by atoms with Crippen LogP contribution in [-0.4, -0.2) is 24.0 Å². The molecule has 0 radical (unpaired) electrons. The number of rotatable bonds is 5. The van der Waals surface area contributed by atoms with Gasteiger partial charge in [-0.3, -0.25) is 9.40 Å². The van der Waals surface area contributed by atoms with Crippen LogP contribution in [0.3, 0.4) is 0 Å². The van der Waals surface area contributed by atoms with Crippen LogP contribution in [0.2, 0.25) is 0 Å². The van der Waals surface area contributed by atoms with Gasteiger partial charge in [-0.25, -0.2) is 8.42 Å². The molecule has 0 aliphatic rings. The summed E-state index contributed by atoms with van der Waals surface area (Å²) >= 11 is 3.38. The van der Waals surface area contributed by atoms with Crippen LogP contribution in [-0.2, 0) is 16.6 Å². The van der Waals surface area contributed by atoms with Crippen LogP contribution in [0, 0.1) is 0 Å². The Balaban J connectivity index is 2.07. The maximum atomic E-state index is 11.4. The van der Waals surface area contributed by atoms with E-state index in [1.807, 2.05) is 24.3 Å². The van der Waals surface area contributed by atoms with Crippen molar-refractivity contribution < 1.29 is 8.42 Å². The molecule has 7 heteroatoms. The van der Waals surface area contributed by atoms with Gasteiger partial charge in [-0.15, -0.1) is 0 Å². The highest BCUT2D eigenvalue weighted by Gasteiger charge is 2.08. The number of halogens is 1. The monoisotopic (exact) mass is 343 g/mol. The number of nitrogens with one attached hydrogen (secondary N) is 1. The highest BCUT2D eigenvalue weighted by atomic mass is 79.9. The normalized spacial score (nSPS) is 11.5. The summed E-state index contributed by atoms with van der Waals surface area (Å²) in [5.74, 6) is 0.381. The Morgan fingerprint density at radius 3 is 2.58 bits per heavy atom. The van der Waals surface area contributed by atoms with E-state index in [-0.39, 0.29) is 5.75 Å². The van der Waals surface area contributed by atoms with Gasteiger partial charge < -0.3 is 0 Å². The van der Waals surface area contributed by atoms with Crippen molar-refractivity contribution in [2.75, 3.05) is 10.5 Å². The molecule has 0 atom stereocenters. The van der Waals surface area contributed by atoms with Gasteiger partial charge in [-0.1, -0.05) is 28.1 Å². The molecule has 102 valence electrons. The third-order valence-corrected chi connectivity index (χ3v) is 4.35. The van der Waals surface area contributed by atoms with Crippen LogP contribution in [0.1, 0.15) is 12.5 Å². The van der Waals surface area contributed by atoms with Gasteiger partial charge in [-0.2, -0.15) is 5.10 Å². The molecule has 5 nitrogen and oxygen atoms in total. The summed E-state index contributed by atoms with van der Waals surface area (Å²) in [4.78, 5) is 0. The molecular formula is C12H14BrN3O2S. The minimum atomic E-state index is -3.27. The fourth-order valence-corrected chi connectivity index (χ4v) is 2.35. The van der Waals surface area contributed by atoms with Crippen LogP contribution in [0.15, 0.2) is 41.0 Å². The van der Waals surface area contributed by atoms with E-state index in [0.29, 0.717) is 12.4 Å². The maximum absolute atomic E-state index is 11.4. The third-order valence-electron chi connectivity index (χ3n) is 2.54. The first-order chi connectivity index (χ1) is 8.98. The predicted molar refractivity (Wildman–Crippen MR) is 78.6 cm³/mol. The molecule has 0 saturated heterocycles. The molecular weight excluding hydrogens is 330 g/mol. The number of nitrogens with zero attached hydrogens (tertiary/aromatic N) is 2. The quantitative estimate of drug-likeness (QED) is 0.906. The number of hydrogen-bond acceptors (Lipinski definition) is 3. The van der Waals surface area contributed by atoms with E-state index in [2.05, 4.69) is 25.8 Å². The van der Waals surface area contributed by atoms with Crippen molar-refractivity contribution in [1.82, 2.24) is 9.78 Å². The van der Waals surface area contributed by atoms with Crippen molar-refractivity contribution in [3.8, 4) is 0 Å². The Hall–Kier alpha value is -1.34. The topological polar surface area (TPSA) is 64.0 Å². The van der Waals surface area contributed by atoms with Crippen molar-refractivity contribution in [3.63, 3.8) is 0 Å². The molecule has 19 heavy (non-hydrogen) atoms. The minimum absolute atomic E-state index is 0.0343. The second-order valence-electron chi connectivity index (χ2n) is 4.03. The molecule has 0 saturated carbocycles. The van der Waals surface area contributed by atoms with Crippen molar-refractivity contribution in [1.29, 1.82) is 0 Å². The van der Waals surface area contributed by atoms with Gasteiger partial charge in [0.15, 0.2) is 5.82 Å². The number of aromatic nitrogens is 2. The van der Waals surface area contributed by atoms with Crippen LogP contribution in [0.4, 0.5) is 5.82 Å². The van der Waals surface area contributed by atoms with E-state index >= 15 is 0 Å². The largest absolute Gasteiger partial charge is 0.266 e. The Morgan fingerprint density at radius 2 is 1.95 bits per heavy atom. The standard InChI is InChI=1S/C12H14BrN3O2S/c1-2-19(17,18)15-12-7-8-16(14-12)9-10-3-5-11(13)6-4-10/h3-8H,2,9H2,1H3,(H,14,15). The van der Waals surface area contributed by atoms with Gasteiger partial charge in [0.05, 0.1) is 12.3 Å². The van der Waals surface area contributed by atoms with E-state index in [4.69, 9.17) is 0 Å². The Morgan fingerprint density at radius 1 is 1.26 bits per heavy atom. The summed E-state index contributed by atoms with van der Waals surface area (Å²) in [6.45, 7) is 2.18. The summed E-state index contributed by atoms with van der Waals surface area (Å²) in [6.07, 6.45) is 1.75. The fraction of sp³-hybridized carbons (Fsp3) is 0.250. The molecule has 2 rings (SSSR count). The van der Waals surface area contributed by atoms with Crippen molar-refractivity contribution in [2.45, 2.75) is 13.5 Å². The predicted octanol–water partition coefficient (Wildman–Crippen LogP) is 2.46. The number of benzene rings is 1. The van der Waals surface area contributed by atoms with Crippen molar-refractivity contribution in [2.24, 2.45) is 0 Å². The summed E-state index contributed by atoms with van der Waals surface area (Å²) < 4.78 is 27.9. The van der Waals surface area contributed by atoms with E-state index in [1.54, 1.807) is 23.9 Å². The lowest BCUT2D eigenvalue weighted by atomic mass is 10.2. The highest BCUT2D eigenvalue weighted by molar-refractivity contribution is 9.10. The van der Waals surface area contributed by atoms with Gasteiger partial charge >= 0.3 is 0 Å². The third kappa shape index (κ3) is 4.07. The average Bonchev–Trinajstić information content (AvgIpc) is 2.79. The molecule has 0 bridgehead atoms. The Bertz CT molecular complexity index is 650. The zero-order valence-electron chi connectivity index (χ0n) is 10.4. The average molecular weight is 344 g/mol. The van der Waals surface area contributed by atoms with E-state index in [0.717, 1.165) is 10.0 Å². The zero-order chi connectivity index (χ0) is 13.9. The molecule has 2 aromatic rings. The van der Waals surface area contributed by atoms with Crippen LogP contribution in [0.5, 0.6) is 0 Å². The lowest BCUT2D eigenvalue weighted by Gasteiger charge is -2.03. The second-order valence-corrected chi connectivity index (χ2v) is 6.96. The van der Waals surface area contributed by atoms with E-state index < -0.39 is 10.0 Å². The van der Waals surface area contributed by atoms with Gasteiger partial charge in [0.1, 0.15) is 0 Å². The van der Waals surface area contributed by atoms with Crippen LogP contribution in [0.25, 0.3) is 0 Å². The molecule has 0 amide bonds. The number of anilines is 1. The molecule has 1 aromatic heterocycles. The van der Waals surface area contributed by atoms with Gasteiger partial charge in [0, 0.05) is 16.7 Å². The number of sulfonamides is 1. The molecule has 0 aliphatic carbocycles. The molecule has 0 aliphatic heterocycles.